The van der Waals surface area contributed by atoms with Gasteiger partial charge in [0, 0.05) is 157 Å². The Balaban J connectivity index is 2.35. The first-order chi connectivity index (χ1) is 36.8. The summed E-state index contributed by atoms with van der Waals surface area (Å²) >= 11 is 0. The molecule has 77 heavy (non-hydrogen) atoms. The Kier molecular flexibility index (Phi) is 37.6. The normalized spacial score (nSPS) is 18.5. The summed E-state index contributed by atoms with van der Waals surface area (Å²) in [5.41, 5.74) is 0. The van der Waals surface area contributed by atoms with Crippen LogP contribution in [0.3, 0.4) is 0 Å². The zero-order valence-corrected chi connectivity index (χ0v) is 44.8. The molecular formula is C47H90N10O20. The highest BCUT2D eigenvalue weighted by molar-refractivity contribution is 5.70. The predicted octanol–water partition coefficient (Wildman–Crippen LogP) is -6.09. The number of hydrogen-bond acceptors (Lipinski definition) is 23. The average Bonchev–Trinajstić information content (AvgIpc) is 3.34. The lowest BCUT2D eigenvalue weighted by atomic mass is 10.2. The Labute approximate surface area is 450 Å². The van der Waals surface area contributed by atoms with Gasteiger partial charge in [-0.05, 0) is 0 Å². The number of hydrogen-bond donors (Lipinski definition) is 10. The molecule has 0 bridgehead atoms. The zero-order chi connectivity index (χ0) is 56.8. The molecule has 2 heterocycles. The van der Waals surface area contributed by atoms with E-state index in [9.17, 15) is 69.6 Å². The molecule has 2 aliphatic rings. The average molecular weight is 1120 g/mol. The van der Waals surface area contributed by atoms with Gasteiger partial charge < -0.3 is 74.9 Å². The van der Waals surface area contributed by atoms with E-state index >= 15 is 0 Å². The maximum absolute atomic E-state index is 12.0. The minimum atomic E-state index is -1.20. The smallest absolute Gasteiger partial charge is 0.407 e. The molecule has 2 aliphatic heterocycles. The highest BCUT2D eigenvalue weighted by Crippen LogP contribution is 2.08. The van der Waals surface area contributed by atoms with Crippen molar-refractivity contribution < 1.29 is 98.8 Å². The predicted molar refractivity (Wildman–Crippen MR) is 275 cm³/mol. The molecule has 10 N–H and O–H groups in total. The third kappa shape index (κ3) is 35.9. The van der Waals surface area contributed by atoms with Gasteiger partial charge in [0.1, 0.15) is 0 Å². The van der Waals surface area contributed by atoms with Crippen molar-refractivity contribution in [2.45, 2.75) is 12.2 Å². The third-order valence-corrected chi connectivity index (χ3v) is 12.8. The molecule has 0 aromatic rings. The van der Waals surface area contributed by atoms with Crippen molar-refractivity contribution in [1.82, 2.24) is 49.0 Å². The van der Waals surface area contributed by atoms with E-state index < -0.39 is 48.1 Å². The number of carbonyl (C=O) groups is 6. The lowest BCUT2D eigenvalue weighted by Gasteiger charge is -2.35. The summed E-state index contributed by atoms with van der Waals surface area (Å²) in [5.74, 6) is -5.35. The maximum atomic E-state index is 12.0. The molecule has 0 aliphatic carbocycles. The van der Waals surface area contributed by atoms with E-state index in [-0.39, 0.29) is 217 Å². The van der Waals surface area contributed by atoms with Crippen LogP contribution in [0.15, 0.2) is 0 Å². The van der Waals surface area contributed by atoms with Crippen molar-refractivity contribution in [3.8, 4) is 0 Å². The van der Waals surface area contributed by atoms with Crippen LogP contribution in [0.5, 0.6) is 0 Å². The van der Waals surface area contributed by atoms with E-state index in [1.165, 1.54) is 0 Å². The van der Waals surface area contributed by atoms with Crippen molar-refractivity contribution >= 4 is 35.9 Å². The van der Waals surface area contributed by atoms with Gasteiger partial charge in [-0.1, -0.05) is 0 Å². The fourth-order valence-electron chi connectivity index (χ4n) is 8.76. The number of aliphatic hydroxyl groups is 4. The number of rotatable bonds is 37. The number of nitrogens with zero attached hydrogens (tertiary/aromatic N) is 10. The van der Waals surface area contributed by atoms with Gasteiger partial charge >= 0.3 is 35.9 Å². The van der Waals surface area contributed by atoms with Gasteiger partial charge in [-0.15, -0.1) is 0 Å². The first-order valence-corrected chi connectivity index (χ1v) is 26.3. The summed E-state index contributed by atoms with van der Waals surface area (Å²) < 4.78 is 22.3. The van der Waals surface area contributed by atoms with E-state index in [1.54, 1.807) is 24.5 Å². The minimum absolute atomic E-state index is 0.00670. The molecule has 2 atom stereocenters. The van der Waals surface area contributed by atoms with Gasteiger partial charge in [0.15, 0.2) is 0 Å². The molecule has 0 aromatic heterocycles. The molecular weight excluding hydrogens is 1020 g/mol. The Morgan fingerprint density at radius 1 is 0.351 bits per heavy atom. The van der Waals surface area contributed by atoms with Crippen LogP contribution in [-0.4, -0.2) is 404 Å². The van der Waals surface area contributed by atoms with Gasteiger partial charge in [-0.3, -0.25) is 68.1 Å². The van der Waals surface area contributed by atoms with Crippen LogP contribution in [-0.2, 0) is 42.9 Å². The number of aliphatic carboxylic acids is 5. The maximum Gasteiger partial charge on any atom is 0.407 e. The molecule has 30 nitrogen and oxygen atoms in total. The monoisotopic (exact) mass is 1110 g/mol. The number of ether oxygens (including phenoxy) is 4. The Hall–Kier alpha value is -4.06. The summed E-state index contributed by atoms with van der Waals surface area (Å²) in [6.07, 6.45) is -3.15. The summed E-state index contributed by atoms with van der Waals surface area (Å²) in [7, 11) is 0. The van der Waals surface area contributed by atoms with Crippen molar-refractivity contribution in [2.75, 3.05) is 256 Å². The third-order valence-electron chi connectivity index (χ3n) is 12.8. The summed E-state index contributed by atoms with van der Waals surface area (Å²) in [5, 5.41) is 99.7. The molecule has 0 spiro atoms. The molecule has 2 rings (SSSR count). The van der Waals surface area contributed by atoms with Gasteiger partial charge in [-0.25, -0.2) is 4.79 Å². The number of carboxylic acids is 5. The molecule has 2 fully saturated rings. The summed E-state index contributed by atoms with van der Waals surface area (Å²) in [6.45, 7) is 5.31. The first kappa shape index (κ1) is 69.0. The van der Waals surface area contributed by atoms with Crippen LogP contribution >= 0.6 is 0 Å². The van der Waals surface area contributed by atoms with Crippen LogP contribution in [0.1, 0.15) is 0 Å². The molecule has 1 amide bonds. The fraction of sp³-hybridized carbons (Fsp3) is 0.872. The van der Waals surface area contributed by atoms with Gasteiger partial charge in [-0.2, -0.15) is 0 Å². The Morgan fingerprint density at radius 3 is 0.844 bits per heavy atom. The molecule has 2 saturated heterocycles. The standard InChI is InChI=1S/C47H90N10O20/c58-21-25-76-29-27-74-23-19-55(33-40(60)31-48-1-5-50(35-42(62)63)9-11-52(37-44(66)67)12-10-51(6-2-48)36-43(64)65)13-14-56(20-24-75-28-30-77-26-22-59)34-41(61)32-49-3-7-53(38-45(68)69)15-17-57(47(72)73)18-16-54(8-4-49)39-46(70)71/h40-41,58-61H,1-39H2,(H,62,63)(H,64,65)(H,66,67)(H,68,69)(H,70,71)(H,72,73). The fourth-order valence-corrected chi connectivity index (χ4v) is 8.76. The van der Waals surface area contributed by atoms with Crippen molar-refractivity contribution in [3.05, 3.63) is 0 Å². The summed E-state index contributed by atoms with van der Waals surface area (Å²) in [4.78, 5) is 88.3. The second-order valence-electron chi connectivity index (χ2n) is 19.0. The van der Waals surface area contributed by atoms with Crippen molar-refractivity contribution in [3.63, 3.8) is 0 Å². The first-order valence-electron chi connectivity index (χ1n) is 26.3. The molecule has 0 aromatic carbocycles. The van der Waals surface area contributed by atoms with Crippen molar-refractivity contribution in [2.24, 2.45) is 0 Å². The van der Waals surface area contributed by atoms with E-state index in [0.29, 0.717) is 39.3 Å². The largest absolute Gasteiger partial charge is 0.480 e. The van der Waals surface area contributed by atoms with E-state index in [0.717, 1.165) is 4.90 Å². The van der Waals surface area contributed by atoms with Crippen LogP contribution in [0.25, 0.3) is 0 Å². The second-order valence-corrected chi connectivity index (χ2v) is 19.0. The molecule has 0 radical (unpaired) electrons. The SMILES string of the molecule is O=C(O)CN1CCN(CC(=O)O)CCN(CC(O)CN(CCOCCOCCO)CCN(CCOCCOCCO)CC(O)CN2CCN(CC(=O)O)CCN(C(=O)O)CCN(CC(=O)O)CC2)CCN(CC(=O)O)CC1. The van der Waals surface area contributed by atoms with Crippen LogP contribution in [0, 0.1) is 0 Å². The van der Waals surface area contributed by atoms with Crippen LogP contribution < -0.4 is 0 Å². The Bertz CT molecular complexity index is 1590. The minimum Gasteiger partial charge on any atom is -0.480 e. The van der Waals surface area contributed by atoms with E-state index in [2.05, 4.69) is 0 Å². The quantitative estimate of drug-likeness (QED) is 0.0259. The van der Waals surface area contributed by atoms with Gasteiger partial charge in [0.25, 0.3) is 0 Å². The highest BCUT2D eigenvalue weighted by atomic mass is 16.5. The van der Waals surface area contributed by atoms with E-state index in [4.69, 9.17) is 29.2 Å². The summed E-state index contributed by atoms with van der Waals surface area (Å²) in [6, 6.07) is 0. The van der Waals surface area contributed by atoms with E-state index in [1.807, 2.05) is 19.6 Å². The molecule has 448 valence electrons. The number of amides is 1. The number of aliphatic hydroxyl groups excluding tert-OH is 4. The van der Waals surface area contributed by atoms with Gasteiger partial charge in [0.2, 0.25) is 0 Å². The highest BCUT2D eigenvalue weighted by Gasteiger charge is 2.26. The number of carboxylic acid groups (broad SMARTS) is 6. The lowest BCUT2D eigenvalue weighted by molar-refractivity contribution is -0.140. The molecule has 30 heteroatoms. The van der Waals surface area contributed by atoms with Crippen molar-refractivity contribution in [1.29, 1.82) is 0 Å². The zero-order valence-electron chi connectivity index (χ0n) is 44.8. The molecule has 0 saturated carbocycles. The van der Waals surface area contributed by atoms with Gasteiger partial charge in [0.05, 0.1) is 111 Å². The second kappa shape index (κ2) is 41.9. The van der Waals surface area contributed by atoms with Crippen LogP contribution in [0.2, 0.25) is 0 Å². The lowest BCUT2D eigenvalue weighted by Crippen LogP contribution is -2.51. The topological polar surface area (TPSA) is 374 Å². The number of β-amino-alcohol motifs (C(OH)–C–C–N with tert-alkyl or cyclic N) is 2. The molecule has 2 unspecified atom stereocenters. The Morgan fingerprint density at radius 2 is 0.597 bits per heavy atom. The van der Waals surface area contributed by atoms with Crippen LogP contribution in [0.4, 0.5) is 4.79 Å².